The maximum Gasteiger partial charge on any atom is 0.120 e. The van der Waals surface area contributed by atoms with Gasteiger partial charge in [0.25, 0.3) is 0 Å². The van der Waals surface area contributed by atoms with Gasteiger partial charge in [0, 0.05) is 26.3 Å². The van der Waals surface area contributed by atoms with E-state index in [0.717, 1.165) is 24.5 Å². The zero-order valence-corrected chi connectivity index (χ0v) is 12.6. The Labute approximate surface area is 120 Å². The van der Waals surface area contributed by atoms with Crippen LogP contribution in [0.2, 0.25) is 0 Å². The van der Waals surface area contributed by atoms with Crippen LogP contribution in [0.3, 0.4) is 0 Å². The molecule has 5 nitrogen and oxygen atoms in total. The molecule has 2 aromatic rings. The summed E-state index contributed by atoms with van der Waals surface area (Å²) in [5, 5.41) is 8.04. The third-order valence-electron chi connectivity index (χ3n) is 2.80. The number of nitrogens with zero attached hydrogens (tertiary/aromatic N) is 4. The highest BCUT2D eigenvalue weighted by molar-refractivity contribution is 5.28. The summed E-state index contributed by atoms with van der Waals surface area (Å²) in [5.74, 6) is 0.922. The molecular formula is C15H22N4O. The van der Waals surface area contributed by atoms with Crippen molar-refractivity contribution >= 4 is 0 Å². The van der Waals surface area contributed by atoms with Crippen molar-refractivity contribution in [2.24, 2.45) is 7.05 Å². The zero-order chi connectivity index (χ0) is 14.5. The summed E-state index contributed by atoms with van der Waals surface area (Å²) in [6, 6.07) is 8.23. The maximum atomic E-state index is 5.71. The summed E-state index contributed by atoms with van der Waals surface area (Å²) < 4.78 is 7.44. The second kappa shape index (κ2) is 6.52. The first kappa shape index (κ1) is 14.5. The van der Waals surface area contributed by atoms with E-state index in [1.807, 2.05) is 39.2 Å². The molecule has 0 bridgehead atoms. The van der Waals surface area contributed by atoms with Crippen molar-refractivity contribution in [3.63, 3.8) is 0 Å². The lowest BCUT2D eigenvalue weighted by atomic mass is 10.2. The molecular weight excluding hydrogens is 252 g/mol. The van der Waals surface area contributed by atoms with Gasteiger partial charge in [-0.3, -0.25) is 9.58 Å². The molecule has 1 heterocycles. The van der Waals surface area contributed by atoms with Gasteiger partial charge in [-0.25, -0.2) is 0 Å². The molecule has 0 aliphatic carbocycles. The van der Waals surface area contributed by atoms with Crippen molar-refractivity contribution < 1.29 is 4.74 Å². The Morgan fingerprint density at radius 3 is 2.75 bits per heavy atom. The fourth-order valence-corrected chi connectivity index (χ4v) is 2.10. The Hall–Kier alpha value is -1.88. The molecule has 0 spiro atoms. The van der Waals surface area contributed by atoms with E-state index in [0.29, 0.717) is 0 Å². The molecule has 0 unspecified atom stereocenters. The van der Waals surface area contributed by atoms with Gasteiger partial charge in [0.1, 0.15) is 5.75 Å². The molecule has 0 N–H and O–H groups in total. The van der Waals surface area contributed by atoms with E-state index in [1.165, 1.54) is 5.56 Å². The Balaban J connectivity index is 1.95. The van der Waals surface area contributed by atoms with Gasteiger partial charge in [-0.2, -0.15) is 0 Å². The molecule has 1 aromatic carbocycles. The molecule has 5 heteroatoms. The molecule has 0 radical (unpaired) electrons. The van der Waals surface area contributed by atoms with Crippen LogP contribution >= 0.6 is 0 Å². The van der Waals surface area contributed by atoms with E-state index in [9.17, 15) is 0 Å². The number of hydrogen-bond acceptors (Lipinski definition) is 4. The molecule has 0 fully saturated rings. The maximum absolute atomic E-state index is 5.71. The summed E-state index contributed by atoms with van der Waals surface area (Å²) in [5.41, 5.74) is 2.21. The van der Waals surface area contributed by atoms with Crippen molar-refractivity contribution in [3.05, 3.63) is 41.7 Å². The van der Waals surface area contributed by atoms with Gasteiger partial charge < -0.3 is 4.74 Å². The fourth-order valence-electron chi connectivity index (χ4n) is 2.10. The summed E-state index contributed by atoms with van der Waals surface area (Å²) >= 11 is 0. The number of aryl methyl sites for hydroxylation is 1. The first-order valence-corrected chi connectivity index (χ1v) is 6.82. The second-order valence-corrected chi connectivity index (χ2v) is 5.37. The lowest BCUT2D eigenvalue weighted by Gasteiger charge is -2.16. The van der Waals surface area contributed by atoms with E-state index >= 15 is 0 Å². The van der Waals surface area contributed by atoms with Crippen LogP contribution in [0, 0.1) is 0 Å². The largest absolute Gasteiger partial charge is 0.491 e. The Bertz CT molecular complexity index is 550. The summed E-state index contributed by atoms with van der Waals surface area (Å²) in [7, 11) is 3.95. The van der Waals surface area contributed by atoms with Gasteiger partial charge in [0.2, 0.25) is 0 Å². The average molecular weight is 274 g/mol. The minimum absolute atomic E-state index is 0.197. The van der Waals surface area contributed by atoms with E-state index in [-0.39, 0.29) is 6.10 Å². The van der Waals surface area contributed by atoms with Crippen LogP contribution in [0.1, 0.15) is 25.1 Å². The topological polar surface area (TPSA) is 43.2 Å². The highest BCUT2D eigenvalue weighted by atomic mass is 16.5. The van der Waals surface area contributed by atoms with E-state index in [4.69, 9.17) is 4.74 Å². The smallest absolute Gasteiger partial charge is 0.120 e. The van der Waals surface area contributed by atoms with Crippen molar-refractivity contribution in [2.75, 3.05) is 7.05 Å². The van der Waals surface area contributed by atoms with Gasteiger partial charge in [-0.05, 0) is 38.6 Å². The highest BCUT2D eigenvalue weighted by Gasteiger charge is 2.06. The van der Waals surface area contributed by atoms with Crippen LogP contribution in [0.4, 0.5) is 0 Å². The summed E-state index contributed by atoms with van der Waals surface area (Å²) in [4.78, 5) is 2.21. The second-order valence-electron chi connectivity index (χ2n) is 5.37. The predicted molar refractivity (Wildman–Crippen MR) is 78.4 cm³/mol. The van der Waals surface area contributed by atoms with Crippen LogP contribution in [-0.2, 0) is 20.1 Å². The minimum Gasteiger partial charge on any atom is -0.491 e. The van der Waals surface area contributed by atoms with E-state index in [1.54, 1.807) is 4.68 Å². The number of hydrogen-bond donors (Lipinski definition) is 0. The minimum atomic E-state index is 0.197. The van der Waals surface area contributed by atoms with Gasteiger partial charge >= 0.3 is 0 Å². The number of benzene rings is 1. The molecule has 1 aromatic heterocycles. The molecule has 2 rings (SSSR count). The predicted octanol–water partition coefficient (Wildman–Crippen LogP) is 2.23. The average Bonchev–Trinajstić information content (AvgIpc) is 2.74. The number of ether oxygens (including phenoxy) is 1. The van der Waals surface area contributed by atoms with Crippen LogP contribution in [-0.4, -0.2) is 33.0 Å². The third-order valence-corrected chi connectivity index (χ3v) is 2.80. The zero-order valence-electron chi connectivity index (χ0n) is 12.6. The lowest BCUT2D eigenvalue weighted by molar-refractivity contribution is 0.241. The highest BCUT2D eigenvalue weighted by Crippen LogP contribution is 2.16. The number of rotatable bonds is 6. The summed E-state index contributed by atoms with van der Waals surface area (Å²) in [6.07, 6.45) is 2.14. The molecule has 0 aliphatic rings. The standard InChI is InChI=1S/C15H22N4O/c1-12(2)20-15-7-5-6-13(8-15)9-18(3)10-14-11-19(4)17-16-14/h5-8,11-12H,9-10H2,1-4H3. The molecule has 108 valence electrons. The van der Waals surface area contributed by atoms with Crippen molar-refractivity contribution in [3.8, 4) is 5.75 Å². The van der Waals surface area contributed by atoms with Crippen LogP contribution in [0.25, 0.3) is 0 Å². The first-order valence-electron chi connectivity index (χ1n) is 6.82. The van der Waals surface area contributed by atoms with Gasteiger partial charge in [0.15, 0.2) is 0 Å². The van der Waals surface area contributed by atoms with E-state index < -0.39 is 0 Å². The first-order chi connectivity index (χ1) is 9.52. The number of aromatic nitrogens is 3. The van der Waals surface area contributed by atoms with E-state index in [2.05, 4.69) is 34.4 Å². The van der Waals surface area contributed by atoms with Crippen molar-refractivity contribution in [2.45, 2.75) is 33.0 Å². The monoisotopic (exact) mass is 274 g/mol. The Morgan fingerprint density at radius 1 is 1.30 bits per heavy atom. The van der Waals surface area contributed by atoms with Crippen molar-refractivity contribution in [1.29, 1.82) is 0 Å². The molecule has 20 heavy (non-hydrogen) atoms. The molecule has 0 saturated carbocycles. The molecule has 0 amide bonds. The lowest BCUT2D eigenvalue weighted by Crippen LogP contribution is -2.17. The SMILES string of the molecule is CC(C)Oc1cccc(CN(C)Cc2cn(C)nn2)c1. The van der Waals surface area contributed by atoms with Crippen LogP contribution in [0.15, 0.2) is 30.5 Å². The van der Waals surface area contributed by atoms with Gasteiger partial charge in [-0.1, -0.05) is 17.3 Å². The van der Waals surface area contributed by atoms with Crippen LogP contribution < -0.4 is 4.74 Å². The fraction of sp³-hybridized carbons (Fsp3) is 0.467. The molecule has 0 atom stereocenters. The van der Waals surface area contributed by atoms with Gasteiger partial charge in [0.05, 0.1) is 11.8 Å². The van der Waals surface area contributed by atoms with Crippen molar-refractivity contribution in [1.82, 2.24) is 19.9 Å². The quantitative estimate of drug-likeness (QED) is 0.810. The normalized spacial score (nSPS) is 11.3. The van der Waals surface area contributed by atoms with Gasteiger partial charge in [-0.15, -0.1) is 5.10 Å². The molecule has 0 aliphatic heterocycles. The third kappa shape index (κ3) is 4.35. The summed E-state index contributed by atoms with van der Waals surface area (Å²) in [6.45, 7) is 5.70. The van der Waals surface area contributed by atoms with Crippen LogP contribution in [0.5, 0.6) is 5.75 Å². The molecule has 0 saturated heterocycles. The Kier molecular flexibility index (Phi) is 4.74. The Morgan fingerprint density at radius 2 is 2.10 bits per heavy atom.